The van der Waals surface area contributed by atoms with Crippen molar-refractivity contribution >= 4 is 0 Å². The second kappa shape index (κ2) is 3.41. The molecule has 0 radical (unpaired) electrons. The fraction of sp³-hybridized carbons (Fsp3) is 0.500. The van der Waals surface area contributed by atoms with Crippen molar-refractivity contribution in [1.82, 2.24) is 0 Å². The molecule has 0 atom stereocenters. The smallest absolute Gasteiger partial charge is 0.0891 e. The summed E-state index contributed by atoms with van der Waals surface area (Å²) in [5, 5.41) is 9.04. The van der Waals surface area contributed by atoms with Crippen LogP contribution in [-0.2, 0) is 0 Å². The molecule has 0 aromatic heterocycles. The Morgan fingerprint density at radius 3 is 2.62 bits per heavy atom. The van der Waals surface area contributed by atoms with Gasteiger partial charge in [0.1, 0.15) is 0 Å². The molecule has 1 fully saturated rings. The Kier molecular flexibility index (Phi) is 2.26. The van der Waals surface area contributed by atoms with E-state index in [1.54, 1.807) is 5.57 Å². The maximum Gasteiger partial charge on any atom is 0.0891 e. The minimum absolute atomic E-state index is 0.287. The zero-order valence-corrected chi connectivity index (χ0v) is 7.92. The minimum atomic E-state index is 0.287. The van der Waals surface area contributed by atoms with E-state index in [4.69, 9.17) is 5.11 Å². The summed E-state index contributed by atoms with van der Waals surface area (Å²) in [4.78, 5) is 0. The van der Waals surface area contributed by atoms with E-state index < -0.39 is 0 Å². The highest BCUT2D eigenvalue weighted by Gasteiger charge is 2.26. The Hall–Kier alpha value is -0.980. The van der Waals surface area contributed by atoms with E-state index in [1.807, 2.05) is 0 Å². The topological polar surface area (TPSA) is 20.2 Å². The van der Waals surface area contributed by atoms with Crippen LogP contribution >= 0.6 is 0 Å². The summed E-state index contributed by atoms with van der Waals surface area (Å²) in [6, 6.07) is 0. The van der Waals surface area contributed by atoms with Crippen LogP contribution in [0.5, 0.6) is 0 Å². The van der Waals surface area contributed by atoms with E-state index in [9.17, 15) is 0 Å². The molecule has 1 nitrogen and oxygen atoms in total. The molecule has 0 aromatic rings. The molecule has 2 aliphatic carbocycles. The molecule has 0 heterocycles. The average Bonchev–Trinajstić information content (AvgIpc) is 2.87. The van der Waals surface area contributed by atoms with Crippen molar-refractivity contribution in [2.24, 2.45) is 5.92 Å². The van der Waals surface area contributed by atoms with Crippen LogP contribution in [0.25, 0.3) is 0 Å². The van der Waals surface area contributed by atoms with Gasteiger partial charge in [0.2, 0.25) is 0 Å². The summed E-state index contributed by atoms with van der Waals surface area (Å²) in [6.45, 7) is 3.51. The van der Waals surface area contributed by atoms with Gasteiger partial charge in [0.05, 0.1) is 5.76 Å². The molecule has 70 valence electrons. The second-order valence-corrected chi connectivity index (χ2v) is 4.08. The molecule has 0 unspecified atom stereocenters. The van der Waals surface area contributed by atoms with Crippen molar-refractivity contribution in [3.8, 4) is 0 Å². The van der Waals surface area contributed by atoms with Gasteiger partial charge in [0, 0.05) is 6.42 Å². The zero-order chi connectivity index (χ0) is 9.26. The van der Waals surface area contributed by atoms with Crippen LogP contribution in [0.2, 0.25) is 0 Å². The quantitative estimate of drug-likeness (QED) is 0.652. The summed E-state index contributed by atoms with van der Waals surface area (Å²) < 4.78 is 0. The van der Waals surface area contributed by atoms with Crippen LogP contribution in [0.15, 0.2) is 35.6 Å². The maximum atomic E-state index is 9.04. The largest absolute Gasteiger partial charge is 0.513 e. The first-order valence-electron chi connectivity index (χ1n) is 5.01. The van der Waals surface area contributed by atoms with Crippen LogP contribution in [0.3, 0.4) is 0 Å². The van der Waals surface area contributed by atoms with E-state index in [0.29, 0.717) is 6.42 Å². The molecular weight excluding hydrogens is 160 g/mol. The van der Waals surface area contributed by atoms with E-state index in [1.165, 1.54) is 24.8 Å². The van der Waals surface area contributed by atoms with E-state index >= 15 is 0 Å². The van der Waals surface area contributed by atoms with E-state index in [2.05, 4.69) is 18.7 Å². The monoisotopic (exact) mass is 176 g/mol. The third-order valence-corrected chi connectivity index (χ3v) is 2.80. The summed E-state index contributed by atoms with van der Waals surface area (Å²) in [5.74, 6) is 1.18. The van der Waals surface area contributed by atoms with E-state index in [-0.39, 0.29) is 5.76 Å². The molecule has 2 aliphatic rings. The average molecular weight is 176 g/mol. The molecule has 0 aliphatic heterocycles. The molecule has 0 aromatic carbocycles. The first kappa shape index (κ1) is 8.61. The van der Waals surface area contributed by atoms with Crippen LogP contribution in [0, 0.1) is 5.92 Å². The zero-order valence-electron chi connectivity index (χ0n) is 7.92. The maximum absolute atomic E-state index is 9.04. The van der Waals surface area contributed by atoms with E-state index in [0.717, 1.165) is 12.3 Å². The third-order valence-electron chi connectivity index (χ3n) is 2.80. The molecule has 0 saturated heterocycles. The Morgan fingerprint density at radius 2 is 2.15 bits per heavy atom. The fourth-order valence-corrected chi connectivity index (χ4v) is 1.90. The van der Waals surface area contributed by atoms with Crippen LogP contribution in [-0.4, -0.2) is 5.11 Å². The lowest BCUT2D eigenvalue weighted by Gasteiger charge is -2.13. The van der Waals surface area contributed by atoms with Gasteiger partial charge in [-0.2, -0.15) is 0 Å². The summed E-state index contributed by atoms with van der Waals surface area (Å²) in [5.41, 5.74) is 2.93. The molecule has 1 heteroatoms. The van der Waals surface area contributed by atoms with Gasteiger partial charge >= 0.3 is 0 Å². The number of aliphatic hydroxyl groups excluding tert-OH is 1. The van der Waals surface area contributed by atoms with Gasteiger partial charge in [0.15, 0.2) is 0 Å². The van der Waals surface area contributed by atoms with Crippen molar-refractivity contribution < 1.29 is 5.11 Å². The predicted octanol–water partition coefficient (Wildman–Crippen LogP) is 3.50. The molecule has 0 spiro atoms. The highest BCUT2D eigenvalue weighted by molar-refractivity contribution is 5.28. The molecule has 0 bridgehead atoms. The second-order valence-electron chi connectivity index (χ2n) is 4.08. The highest BCUT2D eigenvalue weighted by Crippen LogP contribution is 2.40. The highest BCUT2D eigenvalue weighted by atomic mass is 16.3. The number of hydrogen-bond acceptors (Lipinski definition) is 1. The lowest BCUT2D eigenvalue weighted by Crippen LogP contribution is -1.96. The summed E-state index contributed by atoms with van der Waals surface area (Å²) in [6.07, 6.45) is 10.2. The standard InChI is InChI=1S/C12H16O/c1-9(13)8-10-2-4-11(5-3-10)12-6-7-12/h2,4,12-13H,1,3,5-8H2. The van der Waals surface area contributed by atoms with Gasteiger partial charge in [-0.25, -0.2) is 0 Å². The number of aliphatic hydroxyl groups is 1. The van der Waals surface area contributed by atoms with Crippen LogP contribution < -0.4 is 0 Å². The summed E-state index contributed by atoms with van der Waals surface area (Å²) in [7, 11) is 0. The lowest BCUT2D eigenvalue weighted by atomic mass is 9.93. The number of rotatable bonds is 3. The van der Waals surface area contributed by atoms with Crippen molar-refractivity contribution in [3.05, 3.63) is 35.6 Å². The molecule has 1 N–H and O–H groups in total. The predicted molar refractivity (Wildman–Crippen MR) is 54.5 cm³/mol. The van der Waals surface area contributed by atoms with Gasteiger partial charge in [-0.15, -0.1) is 0 Å². The molecular formula is C12H16O. The molecule has 13 heavy (non-hydrogen) atoms. The van der Waals surface area contributed by atoms with Gasteiger partial charge < -0.3 is 5.11 Å². The molecule has 2 rings (SSSR count). The van der Waals surface area contributed by atoms with Gasteiger partial charge in [-0.05, 0) is 31.6 Å². The van der Waals surface area contributed by atoms with Crippen molar-refractivity contribution in [1.29, 1.82) is 0 Å². The van der Waals surface area contributed by atoms with Crippen molar-refractivity contribution in [3.63, 3.8) is 0 Å². The Morgan fingerprint density at radius 1 is 1.38 bits per heavy atom. The Bertz CT molecular complexity index is 279. The van der Waals surface area contributed by atoms with Crippen LogP contribution in [0.1, 0.15) is 32.1 Å². The SMILES string of the molecule is C=C(O)CC1=CC=C(C2CC2)CC1. The molecule has 0 amide bonds. The number of hydrogen-bond donors (Lipinski definition) is 1. The first-order chi connectivity index (χ1) is 6.25. The lowest BCUT2D eigenvalue weighted by molar-refractivity contribution is 0.399. The normalized spacial score (nSPS) is 22.2. The third kappa shape index (κ3) is 2.24. The first-order valence-corrected chi connectivity index (χ1v) is 5.01. The van der Waals surface area contributed by atoms with Gasteiger partial charge in [-0.3, -0.25) is 0 Å². The Labute approximate surface area is 79.5 Å². The number of allylic oxidation sites excluding steroid dienone is 4. The fourth-order valence-electron chi connectivity index (χ4n) is 1.90. The Balaban J connectivity index is 1.97. The van der Waals surface area contributed by atoms with Crippen molar-refractivity contribution in [2.75, 3.05) is 0 Å². The summed E-state index contributed by atoms with van der Waals surface area (Å²) >= 11 is 0. The van der Waals surface area contributed by atoms with Crippen LogP contribution in [0.4, 0.5) is 0 Å². The molecule has 1 saturated carbocycles. The van der Waals surface area contributed by atoms with Gasteiger partial charge in [0.25, 0.3) is 0 Å². The van der Waals surface area contributed by atoms with Crippen molar-refractivity contribution in [2.45, 2.75) is 32.1 Å². The van der Waals surface area contributed by atoms with Gasteiger partial charge in [-0.1, -0.05) is 29.9 Å². The minimum Gasteiger partial charge on any atom is -0.513 e.